The van der Waals surface area contributed by atoms with Crippen molar-refractivity contribution in [1.29, 1.82) is 0 Å². The van der Waals surface area contributed by atoms with E-state index in [1.54, 1.807) is 11.0 Å². The van der Waals surface area contributed by atoms with E-state index in [4.69, 9.17) is 4.84 Å². The molecule has 2 rings (SSSR count). The van der Waals surface area contributed by atoms with Crippen molar-refractivity contribution in [2.75, 3.05) is 19.7 Å². The van der Waals surface area contributed by atoms with Gasteiger partial charge in [-0.15, -0.1) is 6.58 Å². The molecule has 0 spiro atoms. The van der Waals surface area contributed by atoms with Gasteiger partial charge in [-0.2, -0.15) is 5.06 Å². The summed E-state index contributed by atoms with van der Waals surface area (Å²) in [6.45, 7) is 15.4. The lowest BCUT2D eigenvalue weighted by atomic mass is 10.1. The summed E-state index contributed by atoms with van der Waals surface area (Å²) in [6.07, 6.45) is 3.73. The van der Waals surface area contributed by atoms with Crippen LogP contribution in [0, 0.1) is 0 Å². The van der Waals surface area contributed by atoms with Crippen molar-refractivity contribution in [3.63, 3.8) is 0 Å². The molecule has 18 heavy (non-hydrogen) atoms. The fraction of sp³-hybridized carbons (Fsp3) is 0.643. The molecule has 2 aliphatic heterocycles. The third-order valence-corrected chi connectivity index (χ3v) is 2.42. The van der Waals surface area contributed by atoms with E-state index in [1.807, 2.05) is 34.6 Å². The third kappa shape index (κ3) is 3.88. The summed E-state index contributed by atoms with van der Waals surface area (Å²) in [6, 6.07) is 0.0427. The predicted molar refractivity (Wildman–Crippen MR) is 75.2 cm³/mol. The summed E-state index contributed by atoms with van der Waals surface area (Å²) in [7, 11) is 0. The molecular formula is C14H26N2O2. The van der Waals surface area contributed by atoms with E-state index in [0.29, 0.717) is 6.61 Å². The maximum Gasteiger partial charge on any atom is 0.344 e. The van der Waals surface area contributed by atoms with Gasteiger partial charge in [0, 0.05) is 13.1 Å². The highest BCUT2D eigenvalue weighted by Gasteiger charge is 2.39. The first-order chi connectivity index (χ1) is 8.72. The first-order valence-electron chi connectivity index (χ1n) is 6.71. The first-order valence-corrected chi connectivity index (χ1v) is 6.71. The summed E-state index contributed by atoms with van der Waals surface area (Å²) in [4.78, 5) is 18.8. The number of rotatable bonds is 3. The maximum atomic E-state index is 11.7. The highest BCUT2D eigenvalue weighted by Crippen LogP contribution is 2.24. The Bertz CT molecular complexity index is 300. The molecule has 1 unspecified atom stereocenters. The van der Waals surface area contributed by atoms with Crippen molar-refractivity contribution in [1.82, 2.24) is 9.96 Å². The molecule has 0 aromatic heterocycles. The number of fused-ring (bicyclic) bond motifs is 2. The number of hydrogen-bond acceptors (Lipinski definition) is 2. The van der Waals surface area contributed by atoms with E-state index >= 15 is 0 Å². The topological polar surface area (TPSA) is 32.8 Å². The van der Waals surface area contributed by atoms with Gasteiger partial charge in [0.25, 0.3) is 0 Å². The van der Waals surface area contributed by atoms with Crippen LogP contribution < -0.4 is 0 Å². The molecule has 0 N–H and O–H groups in total. The Balaban J connectivity index is 0.000000659. The van der Waals surface area contributed by atoms with E-state index in [1.165, 1.54) is 10.6 Å². The molecule has 2 bridgehead atoms. The molecule has 0 aromatic rings. The molecule has 104 valence electrons. The molecule has 0 aromatic carbocycles. The zero-order chi connectivity index (χ0) is 14.1. The second kappa shape index (κ2) is 8.75. The van der Waals surface area contributed by atoms with E-state index in [9.17, 15) is 4.79 Å². The van der Waals surface area contributed by atoms with Crippen LogP contribution in [0.4, 0.5) is 4.79 Å². The highest BCUT2D eigenvalue weighted by molar-refractivity contribution is 5.77. The average Bonchev–Trinajstić information content (AvgIpc) is 2.63. The number of hydrogen-bond donors (Lipinski definition) is 0. The van der Waals surface area contributed by atoms with Crippen LogP contribution in [0.15, 0.2) is 24.3 Å². The van der Waals surface area contributed by atoms with Crippen molar-refractivity contribution >= 4 is 6.03 Å². The van der Waals surface area contributed by atoms with Crippen LogP contribution in [0.3, 0.4) is 0 Å². The fourth-order valence-electron chi connectivity index (χ4n) is 1.88. The minimum absolute atomic E-state index is 0.0371. The number of nitrogens with zero attached hydrogens (tertiary/aromatic N) is 2. The molecule has 0 saturated carbocycles. The lowest BCUT2D eigenvalue weighted by Gasteiger charge is -2.19. The highest BCUT2D eigenvalue weighted by atomic mass is 16.7. The standard InChI is InChI=1S/C10H14N2O2.2C2H6/c1-3-4-14-12-9-5-8(2)6-11(7-9)10(12)13;2*1-2/h3,5,9H,1,4,6-7H2,2H3;2*1-2H3. The van der Waals surface area contributed by atoms with Crippen LogP contribution >= 0.6 is 0 Å². The molecule has 4 heteroatoms. The zero-order valence-corrected chi connectivity index (χ0v) is 12.3. The van der Waals surface area contributed by atoms with Gasteiger partial charge in [-0.25, -0.2) is 4.79 Å². The second-order valence-electron chi connectivity index (χ2n) is 3.65. The third-order valence-electron chi connectivity index (χ3n) is 2.42. The van der Waals surface area contributed by atoms with Crippen LogP contribution in [0.5, 0.6) is 0 Å². The second-order valence-corrected chi connectivity index (χ2v) is 3.65. The maximum absolute atomic E-state index is 11.7. The number of hydroxylamine groups is 2. The number of urea groups is 1. The van der Waals surface area contributed by atoms with Crippen molar-refractivity contribution < 1.29 is 9.63 Å². The Hall–Kier alpha value is -1.29. The van der Waals surface area contributed by atoms with Crippen molar-refractivity contribution in [2.24, 2.45) is 0 Å². The van der Waals surface area contributed by atoms with Gasteiger partial charge in [-0.05, 0) is 6.92 Å². The Kier molecular flexibility index (Phi) is 8.12. The van der Waals surface area contributed by atoms with Crippen molar-refractivity contribution in [3.8, 4) is 0 Å². The largest absolute Gasteiger partial charge is 0.344 e. The molecule has 1 fully saturated rings. The van der Waals surface area contributed by atoms with E-state index < -0.39 is 0 Å². The van der Waals surface area contributed by atoms with Gasteiger partial charge < -0.3 is 4.90 Å². The van der Waals surface area contributed by atoms with E-state index in [-0.39, 0.29) is 12.1 Å². The number of carbonyl (C=O) groups excluding carboxylic acids is 1. The summed E-state index contributed by atoms with van der Waals surface area (Å²) in [5.41, 5.74) is 1.22. The molecule has 2 heterocycles. The van der Waals surface area contributed by atoms with Crippen molar-refractivity contribution in [3.05, 3.63) is 24.3 Å². The fourth-order valence-corrected chi connectivity index (χ4v) is 1.88. The number of carbonyl (C=O) groups is 1. The summed E-state index contributed by atoms with van der Waals surface area (Å²) in [5.74, 6) is 0. The lowest BCUT2D eigenvalue weighted by Crippen LogP contribution is -2.33. The average molecular weight is 254 g/mol. The predicted octanol–water partition coefficient (Wildman–Crippen LogP) is 3.22. The summed E-state index contributed by atoms with van der Waals surface area (Å²) < 4.78 is 0. The van der Waals surface area contributed by atoms with Gasteiger partial charge in [0.05, 0.1) is 12.6 Å². The molecule has 2 aliphatic rings. The first kappa shape index (κ1) is 16.7. The Morgan fingerprint density at radius 2 is 2.06 bits per heavy atom. The molecular weight excluding hydrogens is 228 g/mol. The molecule has 0 aliphatic carbocycles. The van der Waals surface area contributed by atoms with Gasteiger partial charge in [0.15, 0.2) is 0 Å². The Labute approximate surface area is 111 Å². The Morgan fingerprint density at radius 1 is 1.44 bits per heavy atom. The van der Waals surface area contributed by atoms with Crippen LogP contribution in [0.1, 0.15) is 34.6 Å². The molecule has 1 atom stereocenters. The van der Waals surface area contributed by atoms with Gasteiger partial charge in [0.2, 0.25) is 0 Å². The van der Waals surface area contributed by atoms with E-state index in [0.717, 1.165) is 13.1 Å². The summed E-state index contributed by atoms with van der Waals surface area (Å²) in [5, 5.41) is 1.44. The van der Waals surface area contributed by atoms with Crippen LogP contribution in [-0.4, -0.2) is 41.7 Å². The molecule has 1 saturated heterocycles. The smallest absolute Gasteiger partial charge is 0.316 e. The minimum atomic E-state index is -0.0371. The molecule has 0 radical (unpaired) electrons. The van der Waals surface area contributed by atoms with Crippen molar-refractivity contribution in [2.45, 2.75) is 40.7 Å². The zero-order valence-electron chi connectivity index (χ0n) is 12.3. The van der Waals surface area contributed by atoms with Gasteiger partial charge >= 0.3 is 6.03 Å². The molecule has 4 nitrogen and oxygen atoms in total. The SMILES string of the molecule is C=CCON1C(=O)N2CC(C)=CC1C2.CC.CC. The normalized spacial score (nSPS) is 20.4. The van der Waals surface area contributed by atoms with Gasteiger partial charge in [-0.1, -0.05) is 45.4 Å². The lowest BCUT2D eigenvalue weighted by molar-refractivity contribution is -0.107. The van der Waals surface area contributed by atoms with Crippen LogP contribution in [0.2, 0.25) is 0 Å². The van der Waals surface area contributed by atoms with Crippen LogP contribution in [0.25, 0.3) is 0 Å². The van der Waals surface area contributed by atoms with Gasteiger partial charge in [-0.3, -0.25) is 4.84 Å². The van der Waals surface area contributed by atoms with Crippen LogP contribution in [-0.2, 0) is 4.84 Å². The Morgan fingerprint density at radius 3 is 2.61 bits per heavy atom. The number of amides is 2. The molecule has 2 amide bonds. The minimum Gasteiger partial charge on any atom is -0.316 e. The monoisotopic (exact) mass is 254 g/mol. The summed E-state index contributed by atoms with van der Waals surface area (Å²) >= 11 is 0. The quantitative estimate of drug-likeness (QED) is 0.724. The van der Waals surface area contributed by atoms with Gasteiger partial charge in [0.1, 0.15) is 0 Å². The van der Waals surface area contributed by atoms with E-state index in [2.05, 4.69) is 12.7 Å².